The molecule has 0 saturated heterocycles. The maximum absolute atomic E-state index is 6.04. The second-order valence-corrected chi connectivity index (χ2v) is 6.46. The van der Waals surface area contributed by atoms with Gasteiger partial charge >= 0.3 is 0 Å². The highest BCUT2D eigenvalue weighted by atomic mass is 35.5. The lowest BCUT2D eigenvalue weighted by Crippen LogP contribution is -2.35. The summed E-state index contributed by atoms with van der Waals surface area (Å²) in [5.74, 6) is 0.900. The van der Waals surface area contributed by atoms with E-state index in [0.717, 1.165) is 35.0 Å². The highest BCUT2D eigenvalue weighted by molar-refractivity contribution is 6.30. The van der Waals surface area contributed by atoms with E-state index in [0.29, 0.717) is 0 Å². The summed E-state index contributed by atoms with van der Waals surface area (Å²) in [5.41, 5.74) is 4.60. The van der Waals surface area contributed by atoms with Crippen LogP contribution in [0.25, 0.3) is 11.3 Å². The number of nitrogens with one attached hydrogen (secondary N) is 1. The molecule has 3 nitrogen and oxygen atoms in total. The van der Waals surface area contributed by atoms with E-state index in [1.807, 2.05) is 18.2 Å². The number of benzene rings is 1. The van der Waals surface area contributed by atoms with Crippen LogP contribution < -0.4 is 5.32 Å². The van der Waals surface area contributed by atoms with Crippen molar-refractivity contribution in [2.75, 3.05) is 0 Å². The predicted octanol–water partition coefficient (Wildman–Crippen LogP) is 3.79. The smallest absolute Gasteiger partial charge is 0.170 e. The van der Waals surface area contributed by atoms with E-state index in [4.69, 9.17) is 16.1 Å². The standard InChI is InChI=1S/C15H17ClN2O/c1-15(2,3)17-8-13-12-7-9-6-10(16)4-5-11(9)14(12)19-18-13/h4-6,17H,7-8H2,1-3H3. The monoisotopic (exact) mass is 276 g/mol. The fourth-order valence-corrected chi connectivity index (χ4v) is 2.54. The van der Waals surface area contributed by atoms with Gasteiger partial charge in [0.1, 0.15) is 5.69 Å². The number of nitrogens with zero attached hydrogens (tertiary/aromatic N) is 1. The molecule has 19 heavy (non-hydrogen) atoms. The van der Waals surface area contributed by atoms with Gasteiger partial charge in [-0.15, -0.1) is 0 Å². The van der Waals surface area contributed by atoms with Crippen molar-refractivity contribution in [1.29, 1.82) is 0 Å². The molecule has 4 heteroatoms. The van der Waals surface area contributed by atoms with Crippen LogP contribution in [0.1, 0.15) is 37.6 Å². The Hall–Kier alpha value is -1.32. The molecule has 1 N–H and O–H groups in total. The van der Waals surface area contributed by atoms with Crippen LogP contribution in [0.3, 0.4) is 0 Å². The Morgan fingerprint density at radius 1 is 1.37 bits per heavy atom. The number of rotatable bonds is 2. The second kappa shape index (κ2) is 4.36. The molecule has 0 atom stereocenters. The van der Waals surface area contributed by atoms with Gasteiger partial charge in [0.25, 0.3) is 0 Å². The molecule has 0 aliphatic heterocycles. The van der Waals surface area contributed by atoms with Gasteiger partial charge < -0.3 is 9.84 Å². The Balaban J connectivity index is 1.89. The summed E-state index contributed by atoms with van der Waals surface area (Å²) in [6.07, 6.45) is 0.857. The first-order valence-electron chi connectivity index (χ1n) is 6.45. The summed E-state index contributed by atoms with van der Waals surface area (Å²) in [4.78, 5) is 0. The molecule has 1 aromatic heterocycles. The lowest BCUT2D eigenvalue weighted by molar-refractivity contribution is 0.392. The van der Waals surface area contributed by atoms with Crippen molar-refractivity contribution in [2.45, 2.75) is 39.3 Å². The Morgan fingerprint density at radius 3 is 2.89 bits per heavy atom. The Kier molecular flexibility index (Phi) is 2.91. The third-order valence-electron chi connectivity index (χ3n) is 3.33. The molecular weight excluding hydrogens is 260 g/mol. The summed E-state index contributed by atoms with van der Waals surface area (Å²) in [6.45, 7) is 7.15. The zero-order chi connectivity index (χ0) is 13.6. The Morgan fingerprint density at radius 2 is 2.16 bits per heavy atom. The van der Waals surface area contributed by atoms with E-state index >= 15 is 0 Å². The second-order valence-electron chi connectivity index (χ2n) is 6.02. The first-order chi connectivity index (χ1) is 8.94. The maximum Gasteiger partial charge on any atom is 0.170 e. The number of hydrogen-bond acceptors (Lipinski definition) is 3. The van der Waals surface area contributed by atoms with Gasteiger partial charge in [0, 0.05) is 34.7 Å². The normalized spacial score (nSPS) is 13.5. The zero-order valence-corrected chi connectivity index (χ0v) is 12.1. The summed E-state index contributed by atoms with van der Waals surface area (Å²) >= 11 is 6.04. The Labute approximate surface area is 117 Å². The fraction of sp³-hybridized carbons (Fsp3) is 0.400. The van der Waals surface area contributed by atoms with Crippen molar-refractivity contribution < 1.29 is 4.52 Å². The summed E-state index contributed by atoms with van der Waals surface area (Å²) in [7, 11) is 0. The van der Waals surface area contributed by atoms with Gasteiger partial charge in [-0.2, -0.15) is 0 Å². The molecule has 0 bridgehead atoms. The number of hydrogen-bond donors (Lipinski definition) is 1. The van der Waals surface area contributed by atoms with Gasteiger partial charge in [-0.1, -0.05) is 16.8 Å². The van der Waals surface area contributed by atoms with E-state index in [9.17, 15) is 0 Å². The average molecular weight is 277 g/mol. The summed E-state index contributed by atoms with van der Waals surface area (Å²) in [6, 6.07) is 5.91. The van der Waals surface area contributed by atoms with Crippen LogP contribution in [0, 0.1) is 0 Å². The van der Waals surface area contributed by atoms with Crippen LogP contribution in [0.15, 0.2) is 22.7 Å². The molecule has 0 saturated carbocycles. The Bertz CT molecular complexity index is 626. The molecule has 1 aliphatic rings. The lowest BCUT2D eigenvalue weighted by atomic mass is 10.1. The first-order valence-corrected chi connectivity index (χ1v) is 6.83. The van der Waals surface area contributed by atoms with Crippen molar-refractivity contribution in [3.05, 3.63) is 40.0 Å². The minimum absolute atomic E-state index is 0.0700. The lowest BCUT2D eigenvalue weighted by Gasteiger charge is -2.19. The van der Waals surface area contributed by atoms with Gasteiger partial charge in [0.2, 0.25) is 0 Å². The van der Waals surface area contributed by atoms with Gasteiger partial charge in [-0.05, 0) is 44.5 Å². The molecule has 3 rings (SSSR count). The van der Waals surface area contributed by atoms with Gasteiger partial charge in [-0.3, -0.25) is 0 Å². The number of fused-ring (bicyclic) bond motifs is 3. The topological polar surface area (TPSA) is 38.1 Å². The van der Waals surface area contributed by atoms with Crippen LogP contribution in [0.2, 0.25) is 5.02 Å². The highest BCUT2D eigenvalue weighted by Gasteiger charge is 2.27. The minimum Gasteiger partial charge on any atom is -0.356 e. The van der Waals surface area contributed by atoms with E-state index in [1.165, 1.54) is 11.1 Å². The molecular formula is C15H17ClN2O. The average Bonchev–Trinajstić information content (AvgIpc) is 2.83. The molecule has 1 heterocycles. The first kappa shape index (κ1) is 12.7. The molecule has 100 valence electrons. The van der Waals surface area contributed by atoms with Crippen LogP contribution in [-0.4, -0.2) is 10.7 Å². The van der Waals surface area contributed by atoms with Crippen LogP contribution in [0.5, 0.6) is 0 Å². The third-order valence-corrected chi connectivity index (χ3v) is 3.57. The minimum atomic E-state index is 0.0700. The highest BCUT2D eigenvalue weighted by Crippen LogP contribution is 2.39. The van der Waals surface area contributed by atoms with Crippen molar-refractivity contribution in [2.24, 2.45) is 0 Å². The van der Waals surface area contributed by atoms with E-state index in [1.54, 1.807) is 0 Å². The van der Waals surface area contributed by atoms with Crippen molar-refractivity contribution in [3.63, 3.8) is 0 Å². The molecule has 0 unspecified atom stereocenters. The van der Waals surface area contributed by atoms with Crippen molar-refractivity contribution >= 4 is 11.6 Å². The van der Waals surface area contributed by atoms with E-state index < -0.39 is 0 Å². The SMILES string of the molecule is CC(C)(C)NCc1noc2c1Cc1cc(Cl)ccc1-2. The van der Waals surface area contributed by atoms with Gasteiger partial charge in [0.05, 0.1) is 0 Å². The fourth-order valence-electron chi connectivity index (χ4n) is 2.34. The molecule has 2 aromatic rings. The van der Waals surface area contributed by atoms with Gasteiger partial charge in [0.15, 0.2) is 5.76 Å². The van der Waals surface area contributed by atoms with Crippen LogP contribution >= 0.6 is 11.6 Å². The molecule has 0 fully saturated rings. The quantitative estimate of drug-likeness (QED) is 0.774. The van der Waals surface area contributed by atoms with Crippen LogP contribution in [-0.2, 0) is 13.0 Å². The number of halogens is 1. The molecule has 1 aromatic carbocycles. The molecule has 0 amide bonds. The maximum atomic E-state index is 6.04. The summed E-state index contributed by atoms with van der Waals surface area (Å²) < 4.78 is 5.51. The van der Waals surface area contributed by atoms with E-state index in [-0.39, 0.29) is 5.54 Å². The van der Waals surface area contributed by atoms with E-state index in [2.05, 4.69) is 31.2 Å². The molecule has 1 aliphatic carbocycles. The third kappa shape index (κ3) is 2.40. The van der Waals surface area contributed by atoms with Crippen molar-refractivity contribution in [1.82, 2.24) is 10.5 Å². The van der Waals surface area contributed by atoms with Crippen LogP contribution in [0.4, 0.5) is 0 Å². The van der Waals surface area contributed by atoms with Crippen molar-refractivity contribution in [3.8, 4) is 11.3 Å². The molecule has 0 radical (unpaired) electrons. The number of aromatic nitrogens is 1. The zero-order valence-electron chi connectivity index (χ0n) is 11.4. The predicted molar refractivity (Wildman–Crippen MR) is 76.3 cm³/mol. The summed E-state index contributed by atoms with van der Waals surface area (Å²) in [5, 5.41) is 8.40. The molecule has 0 spiro atoms. The largest absolute Gasteiger partial charge is 0.356 e. The van der Waals surface area contributed by atoms with Gasteiger partial charge in [-0.25, -0.2) is 0 Å².